The van der Waals surface area contributed by atoms with Gasteiger partial charge in [0.15, 0.2) is 0 Å². The highest BCUT2D eigenvalue weighted by Gasteiger charge is 2.25. The molecule has 1 unspecified atom stereocenters. The van der Waals surface area contributed by atoms with Gasteiger partial charge in [-0.25, -0.2) is 4.98 Å². The normalized spacial score (nSPS) is 16.7. The summed E-state index contributed by atoms with van der Waals surface area (Å²) in [6, 6.07) is 20.0. The first-order valence-corrected chi connectivity index (χ1v) is 10.0. The van der Waals surface area contributed by atoms with Crippen LogP contribution < -0.4 is 10.5 Å². The maximum Gasteiger partial charge on any atom is 0.255 e. The van der Waals surface area contributed by atoms with E-state index >= 15 is 0 Å². The molecule has 0 bridgehead atoms. The average Bonchev–Trinajstić information content (AvgIpc) is 2.81. The Labute approximate surface area is 174 Å². The van der Waals surface area contributed by atoms with Crippen LogP contribution in [0.5, 0.6) is 0 Å². The van der Waals surface area contributed by atoms with Crippen molar-refractivity contribution >= 4 is 16.7 Å². The molecule has 1 aliphatic rings. The summed E-state index contributed by atoms with van der Waals surface area (Å²) in [5, 5.41) is 2.41. The Morgan fingerprint density at radius 2 is 1.80 bits per heavy atom. The number of ether oxygens (including phenoxy) is 1. The molecule has 1 atom stereocenters. The maximum absolute atomic E-state index is 12.6. The van der Waals surface area contributed by atoms with Crippen LogP contribution >= 0.6 is 0 Å². The molecule has 6 nitrogen and oxygen atoms in total. The van der Waals surface area contributed by atoms with E-state index in [1.165, 1.54) is 10.8 Å². The molecule has 6 heteroatoms. The largest absolute Gasteiger partial charge is 0.370 e. The lowest BCUT2D eigenvalue weighted by atomic mass is 10.0. The van der Waals surface area contributed by atoms with Crippen molar-refractivity contribution in [2.45, 2.75) is 6.10 Å². The predicted molar refractivity (Wildman–Crippen MR) is 118 cm³/mol. The van der Waals surface area contributed by atoms with Gasteiger partial charge in [-0.1, -0.05) is 36.4 Å². The number of hydrogen-bond donors (Lipinski definition) is 0. The van der Waals surface area contributed by atoms with Gasteiger partial charge in [0.25, 0.3) is 5.56 Å². The van der Waals surface area contributed by atoms with Crippen LogP contribution in [0.3, 0.4) is 0 Å². The average molecular weight is 398 g/mol. The van der Waals surface area contributed by atoms with Crippen molar-refractivity contribution in [3.8, 4) is 11.3 Å². The molecule has 1 fully saturated rings. The predicted octanol–water partition coefficient (Wildman–Crippen LogP) is 3.57. The summed E-state index contributed by atoms with van der Waals surface area (Å²) in [6.45, 7) is 1.90. The molecule has 2 aromatic heterocycles. The molecule has 0 amide bonds. The molecule has 0 radical (unpaired) electrons. The van der Waals surface area contributed by atoms with E-state index in [4.69, 9.17) is 9.72 Å². The van der Waals surface area contributed by atoms with Crippen LogP contribution in [0.2, 0.25) is 0 Å². The number of benzene rings is 2. The zero-order chi connectivity index (χ0) is 20.5. The summed E-state index contributed by atoms with van der Waals surface area (Å²) in [4.78, 5) is 23.6. The molecule has 150 valence electrons. The third kappa shape index (κ3) is 3.46. The van der Waals surface area contributed by atoms with Gasteiger partial charge in [-0.05, 0) is 34.5 Å². The Morgan fingerprint density at radius 1 is 1.00 bits per heavy atom. The van der Waals surface area contributed by atoms with E-state index in [9.17, 15) is 4.79 Å². The van der Waals surface area contributed by atoms with Gasteiger partial charge >= 0.3 is 0 Å². The molecule has 0 spiro atoms. The highest BCUT2D eigenvalue weighted by atomic mass is 16.5. The fourth-order valence-electron chi connectivity index (χ4n) is 3.92. The Kier molecular flexibility index (Phi) is 4.77. The van der Waals surface area contributed by atoms with Gasteiger partial charge in [-0.3, -0.25) is 14.3 Å². The zero-order valence-corrected chi connectivity index (χ0v) is 16.7. The molecular formula is C24H22N4O2. The molecule has 0 N–H and O–H groups in total. The van der Waals surface area contributed by atoms with E-state index in [0.29, 0.717) is 31.3 Å². The lowest BCUT2D eigenvalue weighted by Crippen LogP contribution is -2.41. The van der Waals surface area contributed by atoms with Crippen LogP contribution in [-0.4, -0.2) is 34.2 Å². The van der Waals surface area contributed by atoms with Crippen molar-refractivity contribution in [2.24, 2.45) is 7.05 Å². The second kappa shape index (κ2) is 7.72. The van der Waals surface area contributed by atoms with Crippen molar-refractivity contribution in [2.75, 3.05) is 24.6 Å². The monoisotopic (exact) mass is 398 g/mol. The standard InChI is InChI=1S/C24H22N4O2/c1-27-23(29)15-21(18-8-10-25-11-9-18)26-24(27)28-12-13-30-22(16-28)20-7-6-17-4-2-3-5-19(17)14-20/h2-11,14-15,22H,12-13,16H2,1H3. The van der Waals surface area contributed by atoms with Crippen molar-refractivity contribution in [3.63, 3.8) is 0 Å². The van der Waals surface area contributed by atoms with Gasteiger partial charge < -0.3 is 9.64 Å². The topological polar surface area (TPSA) is 60.2 Å². The third-order valence-electron chi connectivity index (χ3n) is 5.58. The van der Waals surface area contributed by atoms with Crippen LogP contribution in [0, 0.1) is 0 Å². The highest BCUT2D eigenvalue weighted by molar-refractivity contribution is 5.83. The summed E-state index contributed by atoms with van der Waals surface area (Å²) in [5.74, 6) is 0.656. The second-order valence-electron chi connectivity index (χ2n) is 7.49. The first-order chi connectivity index (χ1) is 14.7. The van der Waals surface area contributed by atoms with Crippen molar-refractivity contribution in [1.29, 1.82) is 0 Å². The van der Waals surface area contributed by atoms with Gasteiger partial charge in [-0.15, -0.1) is 0 Å². The van der Waals surface area contributed by atoms with E-state index < -0.39 is 0 Å². The minimum Gasteiger partial charge on any atom is -0.370 e. The van der Waals surface area contributed by atoms with Gasteiger partial charge in [0.05, 0.1) is 18.8 Å². The number of morpholine rings is 1. The fraction of sp³-hybridized carbons (Fsp3) is 0.208. The Hall–Kier alpha value is -3.51. The molecule has 4 aromatic rings. The lowest BCUT2D eigenvalue weighted by molar-refractivity contribution is 0.0390. The fourth-order valence-corrected chi connectivity index (χ4v) is 3.92. The maximum atomic E-state index is 12.6. The van der Waals surface area contributed by atoms with E-state index in [1.54, 1.807) is 30.1 Å². The van der Waals surface area contributed by atoms with Gasteiger partial charge in [-0.2, -0.15) is 0 Å². The summed E-state index contributed by atoms with van der Waals surface area (Å²) < 4.78 is 7.69. The van der Waals surface area contributed by atoms with Crippen molar-refractivity contribution in [1.82, 2.24) is 14.5 Å². The molecule has 30 heavy (non-hydrogen) atoms. The van der Waals surface area contributed by atoms with Crippen molar-refractivity contribution < 1.29 is 4.74 Å². The van der Waals surface area contributed by atoms with E-state index in [2.05, 4.69) is 40.2 Å². The van der Waals surface area contributed by atoms with E-state index in [0.717, 1.165) is 11.1 Å². The van der Waals surface area contributed by atoms with E-state index in [-0.39, 0.29) is 11.7 Å². The highest BCUT2D eigenvalue weighted by Crippen LogP contribution is 2.28. The molecule has 1 saturated heterocycles. The van der Waals surface area contributed by atoms with Crippen LogP contribution in [0.4, 0.5) is 5.95 Å². The number of anilines is 1. The van der Waals surface area contributed by atoms with Gasteiger partial charge in [0, 0.05) is 37.6 Å². The lowest BCUT2D eigenvalue weighted by Gasteiger charge is -2.34. The quantitative estimate of drug-likeness (QED) is 0.528. The molecule has 0 aliphatic carbocycles. The van der Waals surface area contributed by atoms with Crippen LogP contribution in [0.25, 0.3) is 22.0 Å². The summed E-state index contributed by atoms with van der Waals surface area (Å²) >= 11 is 0. The minimum absolute atomic E-state index is 0.0789. The summed E-state index contributed by atoms with van der Waals surface area (Å²) in [6.07, 6.45) is 3.34. The molecule has 2 aromatic carbocycles. The van der Waals surface area contributed by atoms with Crippen LogP contribution in [0.15, 0.2) is 77.9 Å². The minimum atomic E-state index is -0.0828. The number of pyridine rings is 1. The van der Waals surface area contributed by atoms with Gasteiger partial charge in [0.2, 0.25) is 5.95 Å². The van der Waals surface area contributed by atoms with Crippen molar-refractivity contribution in [3.05, 3.63) is 89.0 Å². The number of hydrogen-bond acceptors (Lipinski definition) is 5. The smallest absolute Gasteiger partial charge is 0.255 e. The molecule has 5 rings (SSSR count). The number of fused-ring (bicyclic) bond motifs is 1. The molecular weight excluding hydrogens is 376 g/mol. The zero-order valence-electron chi connectivity index (χ0n) is 16.7. The Bertz CT molecular complexity index is 1250. The summed E-state index contributed by atoms with van der Waals surface area (Å²) in [7, 11) is 1.77. The second-order valence-corrected chi connectivity index (χ2v) is 7.49. The Morgan fingerprint density at radius 3 is 2.63 bits per heavy atom. The summed E-state index contributed by atoms with van der Waals surface area (Å²) in [5.41, 5.74) is 2.58. The SMILES string of the molecule is Cn1c(N2CCOC(c3ccc4ccccc4c3)C2)nc(-c2ccncc2)cc1=O. The first kappa shape index (κ1) is 18.5. The molecule has 3 heterocycles. The van der Waals surface area contributed by atoms with Crippen LogP contribution in [-0.2, 0) is 11.8 Å². The third-order valence-corrected chi connectivity index (χ3v) is 5.58. The van der Waals surface area contributed by atoms with Crippen LogP contribution in [0.1, 0.15) is 11.7 Å². The molecule has 0 saturated carbocycles. The molecule has 1 aliphatic heterocycles. The Balaban J connectivity index is 1.48. The first-order valence-electron chi connectivity index (χ1n) is 10.0. The van der Waals surface area contributed by atoms with E-state index in [1.807, 2.05) is 24.3 Å². The number of aromatic nitrogens is 3. The number of rotatable bonds is 3. The van der Waals surface area contributed by atoms with Gasteiger partial charge in [0.1, 0.15) is 6.10 Å². The number of nitrogens with zero attached hydrogens (tertiary/aromatic N) is 4.